The molecule has 0 atom stereocenters. The molecule has 2 rings (SSSR count). The fourth-order valence-corrected chi connectivity index (χ4v) is 2.19. The van der Waals surface area contributed by atoms with Gasteiger partial charge in [-0.1, -0.05) is 17.7 Å². The molecule has 96 valence electrons. The summed E-state index contributed by atoms with van der Waals surface area (Å²) in [6, 6.07) is 4.35. The van der Waals surface area contributed by atoms with Gasteiger partial charge in [-0.05, 0) is 17.7 Å². The number of aromatic nitrogens is 2. The van der Waals surface area contributed by atoms with Gasteiger partial charge in [0.25, 0.3) is 9.05 Å². The van der Waals surface area contributed by atoms with Gasteiger partial charge in [0.05, 0.1) is 11.3 Å². The van der Waals surface area contributed by atoms with Crippen molar-refractivity contribution in [3.63, 3.8) is 0 Å². The summed E-state index contributed by atoms with van der Waals surface area (Å²) < 4.78 is 36.7. The second-order valence-electron chi connectivity index (χ2n) is 3.57. The zero-order chi connectivity index (χ0) is 13.3. The van der Waals surface area contributed by atoms with E-state index < -0.39 is 14.9 Å². The van der Waals surface area contributed by atoms with Crippen LogP contribution in [0.1, 0.15) is 5.56 Å². The van der Waals surface area contributed by atoms with Crippen LogP contribution in [-0.4, -0.2) is 18.0 Å². The van der Waals surface area contributed by atoms with Gasteiger partial charge in [0, 0.05) is 23.4 Å². The van der Waals surface area contributed by atoms with E-state index in [1.807, 2.05) is 0 Å². The molecule has 0 N–H and O–H groups in total. The molecule has 18 heavy (non-hydrogen) atoms. The quantitative estimate of drug-likeness (QED) is 0.819. The summed E-state index contributed by atoms with van der Waals surface area (Å²) in [6.07, 6.45) is 2.58. The molecule has 0 bridgehead atoms. The molecular formula is C10H7Cl2FN2O2S. The fraction of sp³-hybridized carbons (Fsp3) is 0.100. The topological polar surface area (TPSA) is 52.0 Å². The number of imidazole rings is 1. The van der Waals surface area contributed by atoms with Crippen LogP contribution in [0.2, 0.25) is 5.02 Å². The third kappa shape index (κ3) is 3.01. The van der Waals surface area contributed by atoms with E-state index in [1.54, 1.807) is 6.07 Å². The van der Waals surface area contributed by atoms with Crippen LogP contribution >= 0.6 is 22.3 Å². The average molecular weight is 309 g/mol. The lowest BCUT2D eigenvalue weighted by Crippen LogP contribution is -1.97. The van der Waals surface area contributed by atoms with E-state index in [9.17, 15) is 12.8 Å². The van der Waals surface area contributed by atoms with Crippen molar-refractivity contribution in [2.75, 3.05) is 0 Å². The molecule has 0 unspecified atom stereocenters. The molecule has 0 aliphatic carbocycles. The highest BCUT2D eigenvalue weighted by atomic mass is 35.7. The molecule has 0 saturated heterocycles. The van der Waals surface area contributed by atoms with Gasteiger partial charge in [0.1, 0.15) is 5.82 Å². The molecule has 0 fully saturated rings. The first-order valence-electron chi connectivity index (χ1n) is 4.76. The van der Waals surface area contributed by atoms with Gasteiger partial charge in [-0.3, -0.25) is 0 Å². The Morgan fingerprint density at radius 2 is 2.11 bits per heavy atom. The Kier molecular flexibility index (Phi) is 3.61. The summed E-state index contributed by atoms with van der Waals surface area (Å²) in [5.41, 5.74) is 0.632. The molecule has 1 heterocycles. The molecule has 1 aromatic carbocycles. The second-order valence-corrected chi connectivity index (χ2v) is 6.49. The number of hydrogen-bond acceptors (Lipinski definition) is 3. The van der Waals surface area contributed by atoms with Crippen LogP contribution in [0.3, 0.4) is 0 Å². The van der Waals surface area contributed by atoms with E-state index in [2.05, 4.69) is 4.98 Å². The van der Waals surface area contributed by atoms with E-state index >= 15 is 0 Å². The highest BCUT2D eigenvalue weighted by Crippen LogP contribution is 2.17. The van der Waals surface area contributed by atoms with Crippen molar-refractivity contribution < 1.29 is 12.8 Å². The van der Waals surface area contributed by atoms with Crippen LogP contribution < -0.4 is 0 Å². The summed E-state index contributed by atoms with van der Waals surface area (Å²) in [5.74, 6) is -0.528. The molecule has 0 spiro atoms. The highest BCUT2D eigenvalue weighted by molar-refractivity contribution is 8.13. The number of hydrogen-bond donors (Lipinski definition) is 0. The van der Waals surface area contributed by atoms with Gasteiger partial charge in [-0.15, -0.1) is 0 Å². The zero-order valence-corrected chi connectivity index (χ0v) is 11.2. The Morgan fingerprint density at radius 3 is 2.67 bits per heavy atom. The molecule has 0 radical (unpaired) electrons. The summed E-state index contributed by atoms with van der Waals surface area (Å²) in [6.45, 7) is 0.271. The van der Waals surface area contributed by atoms with Crippen molar-refractivity contribution in [1.29, 1.82) is 0 Å². The zero-order valence-electron chi connectivity index (χ0n) is 8.85. The first-order chi connectivity index (χ1) is 8.36. The van der Waals surface area contributed by atoms with Gasteiger partial charge in [0.15, 0.2) is 5.03 Å². The van der Waals surface area contributed by atoms with Crippen LogP contribution in [0.4, 0.5) is 4.39 Å². The van der Waals surface area contributed by atoms with Gasteiger partial charge >= 0.3 is 0 Å². The van der Waals surface area contributed by atoms with Gasteiger partial charge in [0.2, 0.25) is 0 Å². The molecule has 2 aromatic rings. The van der Waals surface area contributed by atoms with Crippen molar-refractivity contribution in [2.24, 2.45) is 0 Å². The van der Waals surface area contributed by atoms with Gasteiger partial charge < -0.3 is 4.57 Å². The lowest BCUT2D eigenvalue weighted by atomic mass is 10.2. The smallest absolute Gasteiger partial charge is 0.280 e. The normalized spacial score (nSPS) is 11.7. The first kappa shape index (κ1) is 13.3. The summed E-state index contributed by atoms with van der Waals surface area (Å²) >= 11 is 5.56. The molecule has 0 aliphatic rings. The molecule has 1 aromatic heterocycles. The van der Waals surface area contributed by atoms with Crippen LogP contribution in [0.25, 0.3) is 0 Å². The Hall–Kier alpha value is -1.11. The van der Waals surface area contributed by atoms with Gasteiger partial charge in [-0.2, -0.15) is 0 Å². The lowest BCUT2D eigenvalue weighted by molar-refractivity contribution is 0.606. The van der Waals surface area contributed by atoms with E-state index in [4.69, 9.17) is 22.3 Å². The number of benzene rings is 1. The van der Waals surface area contributed by atoms with E-state index in [0.29, 0.717) is 5.56 Å². The van der Waals surface area contributed by atoms with Crippen molar-refractivity contribution >= 4 is 31.3 Å². The largest absolute Gasteiger partial charge is 0.332 e. The maximum Gasteiger partial charge on any atom is 0.280 e. The minimum Gasteiger partial charge on any atom is -0.332 e. The standard InChI is InChI=1S/C10H7Cl2FN2O2S/c11-8-2-1-7(3-9(8)13)4-15-5-10(14-6-15)18(12,16)17/h1-3,5-6H,4H2. The monoisotopic (exact) mass is 308 g/mol. The summed E-state index contributed by atoms with van der Waals surface area (Å²) in [4.78, 5) is 3.65. The first-order valence-corrected chi connectivity index (χ1v) is 7.45. The van der Waals surface area contributed by atoms with E-state index in [-0.39, 0.29) is 16.6 Å². The average Bonchev–Trinajstić information content (AvgIpc) is 2.72. The van der Waals surface area contributed by atoms with Gasteiger partial charge in [-0.25, -0.2) is 17.8 Å². The van der Waals surface area contributed by atoms with Crippen LogP contribution in [0.5, 0.6) is 0 Å². The molecular weight excluding hydrogens is 302 g/mol. The molecule has 0 saturated carbocycles. The Morgan fingerprint density at radius 1 is 1.39 bits per heavy atom. The number of rotatable bonds is 3. The Bertz CT molecular complexity index is 685. The second kappa shape index (κ2) is 4.87. The molecule has 0 amide bonds. The third-order valence-corrected chi connectivity index (χ3v) is 3.70. The predicted octanol–water partition coefficient (Wildman–Crippen LogP) is 2.65. The molecule has 4 nitrogen and oxygen atoms in total. The predicted molar refractivity (Wildman–Crippen MR) is 65.8 cm³/mol. The Labute approximate surface area is 112 Å². The fourth-order valence-electron chi connectivity index (χ4n) is 1.40. The lowest BCUT2D eigenvalue weighted by Gasteiger charge is -2.03. The number of nitrogens with zero attached hydrogens (tertiary/aromatic N) is 2. The van der Waals surface area contributed by atoms with Crippen molar-refractivity contribution in [3.05, 3.63) is 47.1 Å². The van der Waals surface area contributed by atoms with Crippen LogP contribution in [0, 0.1) is 5.82 Å². The maximum absolute atomic E-state index is 13.2. The van der Waals surface area contributed by atoms with Crippen LogP contribution in [0.15, 0.2) is 35.7 Å². The third-order valence-electron chi connectivity index (χ3n) is 2.21. The summed E-state index contributed by atoms with van der Waals surface area (Å²) in [5, 5.41) is -0.202. The summed E-state index contributed by atoms with van der Waals surface area (Å²) in [7, 11) is 1.30. The van der Waals surface area contributed by atoms with Crippen molar-refractivity contribution in [3.8, 4) is 0 Å². The minimum absolute atomic E-state index is 0.0356. The molecule has 8 heteroatoms. The van der Waals surface area contributed by atoms with E-state index in [1.165, 1.54) is 29.2 Å². The highest BCUT2D eigenvalue weighted by Gasteiger charge is 2.13. The SMILES string of the molecule is O=S(=O)(Cl)c1cn(Cc2ccc(Cl)c(F)c2)cn1. The minimum atomic E-state index is -3.84. The van der Waals surface area contributed by atoms with Crippen molar-refractivity contribution in [2.45, 2.75) is 11.6 Å². The molecule has 0 aliphatic heterocycles. The van der Waals surface area contributed by atoms with Crippen molar-refractivity contribution in [1.82, 2.24) is 9.55 Å². The maximum atomic E-state index is 13.2. The van der Waals surface area contributed by atoms with E-state index in [0.717, 1.165) is 0 Å². The van der Waals surface area contributed by atoms with Crippen LogP contribution in [-0.2, 0) is 15.6 Å². The number of halogens is 3. The Balaban J connectivity index is 2.24.